The largest absolute Gasteiger partial charge is 0.236 e. The van der Waals surface area contributed by atoms with E-state index in [9.17, 15) is 0 Å². The van der Waals surface area contributed by atoms with E-state index in [1.807, 2.05) is 0 Å². The Labute approximate surface area is 184 Å². The Morgan fingerprint density at radius 3 is 2.10 bits per heavy atom. The molecule has 2 fully saturated rings. The lowest BCUT2D eigenvalue weighted by Gasteiger charge is -2.29. The van der Waals surface area contributed by atoms with Crippen molar-refractivity contribution in [1.82, 2.24) is 0 Å². The van der Waals surface area contributed by atoms with Crippen LogP contribution in [0.25, 0.3) is 6.08 Å². The maximum Gasteiger partial charge on any atom is 0.100 e. The van der Waals surface area contributed by atoms with Gasteiger partial charge in [0.2, 0.25) is 0 Å². The molecule has 0 bridgehead atoms. The lowest BCUT2D eigenvalue weighted by Crippen LogP contribution is -2.16. The Kier molecular flexibility index (Phi) is 9.92. The first-order chi connectivity index (χ1) is 14.8. The van der Waals surface area contributed by atoms with Crippen LogP contribution in [0.3, 0.4) is 0 Å². The maximum absolute atomic E-state index is 5.20. The molecule has 3 rings (SSSR count). The van der Waals surface area contributed by atoms with Gasteiger partial charge in [-0.1, -0.05) is 54.6 Å². The van der Waals surface area contributed by atoms with Crippen LogP contribution in [-0.4, -0.2) is 13.2 Å². The van der Waals surface area contributed by atoms with E-state index >= 15 is 0 Å². The first-order valence-corrected chi connectivity index (χ1v) is 12.0. The molecular weight excluding hydrogens is 368 g/mol. The normalized spacial score (nSPS) is 27.6. The second kappa shape index (κ2) is 12.9. The van der Waals surface area contributed by atoms with Crippen molar-refractivity contribution in [3.63, 3.8) is 0 Å². The minimum Gasteiger partial charge on any atom is -0.236 e. The summed E-state index contributed by atoms with van der Waals surface area (Å²) in [5.41, 5.74) is 2.84. The molecule has 164 valence electrons. The van der Waals surface area contributed by atoms with Gasteiger partial charge in [-0.15, -0.1) is 6.58 Å². The van der Waals surface area contributed by atoms with E-state index in [0.717, 1.165) is 30.1 Å². The quantitative estimate of drug-likeness (QED) is 0.170. The molecule has 2 aliphatic rings. The second-order valence-corrected chi connectivity index (χ2v) is 9.13. The van der Waals surface area contributed by atoms with Gasteiger partial charge in [0.15, 0.2) is 0 Å². The van der Waals surface area contributed by atoms with Gasteiger partial charge in [-0.05, 0) is 99.5 Å². The molecule has 30 heavy (non-hydrogen) atoms. The average molecular weight is 409 g/mol. The SMILES string of the molecule is C=CCOOCCC1CCC(C=CC2CCC(c3ccc(C=CC)cc3)CC2)CC1. The zero-order chi connectivity index (χ0) is 21.0. The Morgan fingerprint density at radius 1 is 0.867 bits per heavy atom. The Bertz CT molecular complexity index is 656. The van der Waals surface area contributed by atoms with Gasteiger partial charge >= 0.3 is 0 Å². The predicted molar refractivity (Wildman–Crippen MR) is 127 cm³/mol. The lowest BCUT2D eigenvalue weighted by molar-refractivity contribution is -0.288. The Balaban J connectivity index is 1.33. The van der Waals surface area contributed by atoms with Crippen molar-refractivity contribution in [3.05, 3.63) is 66.3 Å². The molecule has 1 aromatic rings. The standard InChI is InChI=1S/C28H40O2/c1-3-5-23-12-16-27(17-13-23)28-18-14-25(15-19-28)7-6-24-8-10-26(11-9-24)20-22-30-29-21-4-2/h3-7,12-13,16-17,24-26,28H,2,8-11,14-15,18-22H2,1H3. The van der Waals surface area contributed by atoms with Crippen molar-refractivity contribution in [3.8, 4) is 0 Å². The average Bonchev–Trinajstić information content (AvgIpc) is 2.79. The molecule has 0 saturated heterocycles. The zero-order valence-corrected chi connectivity index (χ0v) is 18.8. The molecular formula is C28H40O2. The molecule has 0 radical (unpaired) electrons. The van der Waals surface area contributed by atoms with Crippen LogP contribution in [0.5, 0.6) is 0 Å². The molecule has 0 heterocycles. The highest BCUT2D eigenvalue weighted by atomic mass is 17.2. The van der Waals surface area contributed by atoms with Gasteiger partial charge in [-0.3, -0.25) is 0 Å². The molecule has 0 N–H and O–H groups in total. The van der Waals surface area contributed by atoms with Crippen LogP contribution < -0.4 is 0 Å². The van der Waals surface area contributed by atoms with Crippen LogP contribution in [0.2, 0.25) is 0 Å². The minimum absolute atomic E-state index is 0.474. The van der Waals surface area contributed by atoms with E-state index in [0.29, 0.717) is 13.2 Å². The van der Waals surface area contributed by atoms with E-state index < -0.39 is 0 Å². The van der Waals surface area contributed by atoms with Crippen molar-refractivity contribution in [1.29, 1.82) is 0 Å². The van der Waals surface area contributed by atoms with Crippen LogP contribution in [0.1, 0.15) is 81.8 Å². The van der Waals surface area contributed by atoms with Gasteiger partial charge in [-0.2, -0.15) is 0 Å². The molecule has 2 aliphatic carbocycles. The van der Waals surface area contributed by atoms with E-state index in [-0.39, 0.29) is 0 Å². The fourth-order valence-corrected chi connectivity index (χ4v) is 5.07. The van der Waals surface area contributed by atoms with E-state index in [1.165, 1.54) is 62.5 Å². The third-order valence-corrected chi connectivity index (χ3v) is 6.96. The summed E-state index contributed by atoms with van der Waals surface area (Å²) in [5.74, 6) is 3.13. The van der Waals surface area contributed by atoms with Gasteiger partial charge in [0.05, 0.1) is 6.61 Å². The van der Waals surface area contributed by atoms with Crippen LogP contribution >= 0.6 is 0 Å². The van der Waals surface area contributed by atoms with Gasteiger partial charge in [0, 0.05) is 0 Å². The summed E-state index contributed by atoms with van der Waals surface area (Å²) in [6.45, 7) is 6.88. The fourth-order valence-electron chi connectivity index (χ4n) is 5.07. The van der Waals surface area contributed by atoms with Gasteiger partial charge in [-0.25, -0.2) is 9.78 Å². The van der Waals surface area contributed by atoms with Crippen LogP contribution in [0, 0.1) is 17.8 Å². The summed E-state index contributed by atoms with van der Waals surface area (Å²) in [6.07, 6.45) is 22.9. The topological polar surface area (TPSA) is 18.5 Å². The van der Waals surface area contributed by atoms with Crippen molar-refractivity contribution >= 4 is 6.08 Å². The number of benzene rings is 1. The molecule has 2 nitrogen and oxygen atoms in total. The smallest absolute Gasteiger partial charge is 0.100 e. The molecule has 0 aliphatic heterocycles. The third kappa shape index (κ3) is 7.56. The Morgan fingerprint density at radius 2 is 1.50 bits per heavy atom. The van der Waals surface area contributed by atoms with Crippen molar-refractivity contribution < 1.29 is 9.78 Å². The Hall–Kier alpha value is -1.64. The molecule has 0 unspecified atom stereocenters. The molecule has 0 aromatic heterocycles. The molecule has 2 saturated carbocycles. The number of hydrogen-bond donors (Lipinski definition) is 0. The van der Waals surface area contributed by atoms with Crippen molar-refractivity contribution in [2.75, 3.05) is 13.2 Å². The highest BCUT2D eigenvalue weighted by Crippen LogP contribution is 2.37. The van der Waals surface area contributed by atoms with E-state index in [4.69, 9.17) is 9.78 Å². The second-order valence-electron chi connectivity index (χ2n) is 9.13. The molecule has 0 atom stereocenters. The molecule has 0 spiro atoms. The van der Waals surface area contributed by atoms with Crippen molar-refractivity contribution in [2.24, 2.45) is 17.8 Å². The zero-order valence-electron chi connectivity index (χ0n) is 18.8. The highest BCUT2D eigenvalue weighted by Gasteiger charge is 2.22. The fraction of sp³-hybridized carbons (Fsp3) is 0.571. The monoisotopic (exact) mass is 408 g/mol. The maximum atomic E-state index is 5.20. The first-order valence-electron chi connectivity index (χ1n) is 12.0. The van der Waals surface area contributed by atoms with Gasteiger partial charge < -0.3 is 0 Å². The summed E-state index contributed by atoms with van der Waals surface area (Å²) in [5, 5.41) is 0. The van der Waals surface area contributed by atoms with E-state index in [2.05, 4.69) is 62.1 Å². The predicted octanol–water partition coefficient (Wildman–Crippen LogP) is 7.88. The summed E-state index contributed by atoms with van der Waals surface area (Å²) >= 11 is 0. The summed E-state index contributed by atoms with van der Waals surface area (Å²) in [6, 6.07) is 9.20. The van der Waals surface area contributed by atoms with E-state index in [1.54, 1.807) is 6.08 Å². The summed E-state index contributed by atoms with van der Waals surface area (Å²) in [7, 11) is 0. The van der Waals surface area contributed by atoms with Crippen LogP contribution in [0.15, 0.2) is 55.1 Å². The van der Waals surface area contributed by atoms with Crippen LogP contribution in [-0.2, 0) is 9.78 Å². The molecule has 1 aromatic carbocycles. The van der Waals surface area contributed by atoms with Crippen molar-refractivity contribution in [2.45, 2.75) is 70.6 Å². The van der Waals surface area contributed by atoms with Crippen LogP contribution in [0.4, 0.5) is 0 Å². The third-order valence-electron chi connectivity index (χ3n) is 6.96. The van der Waals surface area contributed by atoms with Gasteiger partial charge in [0.1, 0.15) is 6.61 Å². The number of allylic oxidation sites excluding steroid dienone is 3. The number of rotatable bonds is 10. The van der Waals surface area contributed by atoms with Gasteiger partial charge in [0.25, 0.3) is 0 Å². The number of hydrogen-bond acceptors (Lipinski definition) is 2. The summed E-state index contributed by atoms with van der Waals surface area (Å²) in [4.78, 5) is 10.2. The minimum atomic E-state index is 0.474. The highest BCUT2D eigenvalue weighted by molar-refractivity contribution is 5.49. The first kappa shape index (κ1) is 23.0. The molecule has 2 heteroatoms. The summed E-state index contributed by atoms with van der Waals surface area (Å²) < 4.78 is 0. The molecule has 0 amide bonds. The lowest BCUT2D eigenvalue weighted by atomic mass is 9.77.